The molecule has 1 heterocycles. The molecule has 1 aromatic heterocycles. The Bertz CT molecular complexity index is 367. The van der Waals surface area contributed by atoms with Crippen LogP contribution in [0.4, 0.5) is 0 Å². The van der Waals surface area contributed by atoms with Crippen LogP contribution in [-0.4, -0.2) is 46.3 Å². The van der Waals surface area contributed by atoms with Gasteiger partial charge in [-0.05, 0) is 19.4 Å². The summed E-state index contributed by atoms with van der Waals surface area (Å²) in [4.78, 5) is 11.6. The zero-order valence-corrected chi connectivity index (χ0v) is 10.8. The lowest BCUT2D eigenvalue weighted by molar-refractivity contribution is -0.143. The van der Waals surface area contributed by atoms with Crippen LogP contribution in [0.15, 0.2) is 6.20 Å². The van der Waals surface area contributed by atoms with E-state index in [-0.39, 0.29) is 12.6 Å². The number of carbonyl (C=O) groups excluding carboxylic acids is 1. The molecular formula is C11H20N4O3. The fourth-order valence-electron chi connectivity index (χ4n) is 1.50. The third-order valence-corrected chi connectivity index (χ3v) is 2.43. The lowest BCUT2D eigenvalue weighted by Crippen LogP contribution is -2.30. The molecule has 102 valence electrons. The second-order valence-corrected chi connectivity index (χ2v) is 3.89. The Labute approximate surface area is 106 Å². The quantitative estimate of drug-likeness (QED) is 0.630. The molecule has 7 heteroatoms. The second kappa shape index (κ2) is 7.78. The molecule has 18 heavy (non-hydrogen) atoms. The Balaban J connectivity index is 2.71. The van der Waals surface area contributed by atoms with Crippen LogP contribution < -0.4 is 5.32 Å². The number of aryl methyl sites for hydroxylation is 1. The molecule has 0 fully saturated rings. The molecule has 0 aromatic carbocycles. The number of ether oxygens (including phenoxy) is 1. The Morgan fingerprint density at radius 3 is 3.06 bits per heavy atom. The van der Waals surface area contributed by atoms with Crippen LogP contribution in [0.25, 0.3) is 0 Å². The van der Waals surface area contributed by atoms with Crippen molar-refractivity contribution in [1.82, 2.24) is 20.3 Å². The molecule has 1 aromatic rings. The van der Waals surface area contributed by atoms with Crippen LogP contribution >= 0.6 is 0 Å². The highest BCUT2D eigenvalue weighted by Crippen LogP contribution is 2.11. The number of methoxy groups -OCH3 is 1. The van der Waals surface area contributed by atoms with Crippen molar-refractivity contribution in [2.45, 2.75) is 32.4 Å². The van der Waals surface area contributed by atoms with Gasteiger partial charge in [-0.25, -0.2) is 4.79 Å². The highest BCUT2D eigenvalue weighted by molar-refractivity contribution is 5.76. The van der Waals surface area contributed by atoms with E-state index in [9.17, 15) is 4.79 Å². The van der Waals surface area contributed by atoms with Gasteiger partial charge >= 0.3 is 5.97 Å². The number of nitrogens with one attached hydrogen (secondary N) is 1. The molecule has 0 spiro atoms. The summed E-state index contributed by atoms with van der Waals surface area (Å²) in [7, 11) is 1.35. The maximum absolute atomic E-state index is 11.6. The fourth-order valence-corrected chi connectivity index (χ4v) is 1.50. The zero-order chi connectivity index (χ0) is 13.4. The van der Waals surface area contributed by atoms with Crippen molar-refractivity contribution in [3.63, 3.8) is 0 Å². The summed E-state index contributed by atoms with van der Waals surface area (Å²) in [5.74, 6) is -0.377. The minimum Gasteiger partial charge on any atom is -0.468 e. The summed E-state index contributed by atoms with van der Waals surface area (Å²) < 4.78 is 6.34. The Kier molecular flexibility index (Phi) is 6.31. The van der Waals surface area contributed by atoms with Gasteiger partial charge in [-0.1, -0.05) is 12.1 Å². The van der Waals surface area contributed by atoms with Gasteiger partial charge in [0.25, 0.3) is 0 Å². The number of hydrogen-bond donors (Lipinski definition) is 2. The van der Waals surface area contributed by atoms with Crippen LogP contribution in [0.1, 0.15) is 31.5 Å². The first-order chi connectivity index (χ1) is 8.72. The topological polar surface area (TPSA) is 89.3 Å². The minimum atomic E-state index is -0.585. The van der Waals surface area contributed by atoms with Crippen LogP contribution in [0, 0.1) is 0 Å². The van der Waals surface area contributed by atoms with Gasteiger partial charge in [-0.15, -0.1) is 5.10 Å². The molecule has 0 saturated heterocycles. The molecule has 0 amide bonds. The molecule has 7 nitrogen and oxygen atoms in total. The number of nitrogens with zero attached hydrogens (tertiary/aromatic N) is 3. The summed E-state index contributed by atoms with van der Waals surface area (Å²) in [6.07, 6.45) is 3.21. The van der Waals surface area contributed by atoms with Gasteiger partial charge in [-0.3, -0.25) is 10.00 Å². The third-order valence-electron chi connectivity index (χ3n) is 2.43. The van der Waals surface area contributed by atoms with E-state index in [1.807, 2.05) is 6.92 Å². The molecule has 0 aliphatic rings. The van der Waals surface area contributed by atoms with Gasteiger partial charge in [0, 0.05) is 13.2 Å². The second-order valence-electron chi connectivity index (χ2n) is 3.89. The van der Waals surface area contributed by atoms with Crippen LogP contribution in [0.2, 0.25) is 0 Å². The van der Waals surface area contributed by atoms with Crippen molar-refractivity contribution in [1.29, 1.82) is 0 Å². The molecule has 0 aliphatic carbocycles. The first-order valence-corrected chi connectivity index (χ1v) is 6.05. The van der Waals surface area contributed by atoms with Crippen LogP contribution in [0.3, 0.4) is 0 Å². The van der Waals surface area contributed by atoms with E-state index in [2.05, 4.69) is 15.6 Å². The Morgan fingerprint density at radius 1 is 1.67 bits per heavy atom. The predicted octanol–water partition coefficient (Wildman–Crippen LogP) is -0.126. The minimum absolute atomic E-state index is 0.101. The van der Waals surface area contributed by atoms with E-state index >= 15 is 0 Å². The van der Waals surface area contributed by atoms with Gasteiger partial charge in [0.2, 0.25) is 0 Å². The first kappa shape index (κ1) is 14.6. The molecular weight excluding hydrogens is 236 g/mol. The normalized spacial score (nSPS) is 12.4. The lowest BCUT2D eigenvalue weighted by atomic mass is 10.2. The third kappa shape index (κ3) is 4.08. The Hall–Kier alpha value is -1.47. The summed E-state index contributed by atoms with van der Waals surface area (Å²) in [6, 6.07) is -0.585. The maximum Gasteiger partial charge on any atom is 0.329 e. The average Bonchev–Trinajstić information content (AvgIpc) is 2.85. The van der Waals surface area contributed by atoms with Gasteiger partial charge < -0.3 is 9.84 Å². The molecule has 0 bridgehead atoms. The van der Waals surface area contributed by atoms with Gasteiger partial charge in [0.05, 0.1) is 13.3 Å². The number of rotatable bonds is 8. The highest BCUT2D eigenvalue weighted by Gasteiger charge is 2.23. The summed E-state index contributed by atoms with van der Waals surface area (Å²) in [6.45, 7) is 3.39. The van der Waals surface area contributed by atoms with E-state index in [0.29, 0.717) is 25.2 Å². The smallest absolute Gasteiger partial charge is 0.329 e. The van der Waals surface area contributed by atoms with Gasteiger partial charge in [0.1, 0.15) is 5.69 Å². The molecule has 0 aliphatic heterocycles. The largest absolute Gasteiger partial charge is 0.468 e. The number of aliphatic hydroxyl groups is 1. The predicted molar refractivity (Wildman–Crippen MR) is 64.8 cm³/mol. The average molecular weight is 256 g/mol. The van der Waals surface area contributed by atoms with E-state index in [4.69, 9.17) is 9.84 Å². The van der Waals surface area contributed by atoms with Gasteiger partial charge in [0.15, 0.2) is 6.04 Å². The SMILES string of the molecule is CCCNC(C(=O)OC)c1cn(CCCO)nn1. The number of esters is 1. The monoisotopic (exact) mass is 256 g/mol. The van der Waals surface area contributed by atoms with Crippen molar-refractivity contribution >= 4 is 5.97 Å². The molecule has 0 saturated carbocycles. The Morgan fingerprint density at radius 2 is 2.44 bits per heavy atom. The first-order valence-electron chi connectivity index (χ1n) is 6.05. The number of aromatic nitrogens is 3. The lowest BCUT2D eigenvalue weighted by Gasteiger charge is -2.12. The molecule has 2 N–H and O–H groups in total. The van der Waals surface area contributed by atoms with Crippen LogP contribution in [0.5, 0.6) is 0 Å². The number of aliphatic hydroxyl groups excluding tert-OH is 1. The van der Waals surface area contributed by atoms with Crippen molar-refractivity contribution in [2.75, 3.05) is 20.3 Å². The molecule has 0 radical (unpaired) electrons. The summed E-state index contributed by atoms with van der Waals surface area (Å²) in [5, 5.41) is 19.7. The summed E-state index contributed by atoms with van der Waals surface area (Å²) >= 11 is 0. The molecule has 1 atom stereocenters. The van der Waals surface area contributed by atoms with E-state index in [1.54, 1.807) is 10.9 Å². The van der Waals surface area contributed by atoms with Gasteiger partial charge in [-0.2, -0.15) is 0 Å². The van der Waals surface area contributed by atoms with Crippen molar-refractivity contribution in [2.24, 2.45) is 0 Å². The number of hydrogen-bond acceptors (Lipinski definition) is 6. The van der Waals surface area contributed by atoms with E-state index in [0.717, 1.165) is 6.42 Å². The van der Waals surface area contributed by atoms with Crippen LogP contribution in [-0.2, 0) is 16.1 Å². The standard InChI is InChI=1S/C11H20N4O3/c1-3-5-12-10(11(17)18-2)9-8-15(14-13-9)6-4-7-16/h8,10,12,16H,3-7H2,1-2H3. The molecule has 1 unspecified atom stereocenters. The highest BCUT2D eigenvalue weighted by atomic mass is 16.5. The zero-order valence-electron chi connectivity index (χ0n) is 10.8. The van der Waals surface area contributed by atoms with Crippen molar-refractivity contribution in [3.8, 4) is 0 Å². The fraction of sp³-hybridized carbons (Fsp3) is 0.727. The summed E-state index contributed by atoms with van der Waals surface area (Å²) in [5.41, 5.74) is 0.535. The van der Waals surface area contributed by atoms with Crippen molar-refractivity contribution in [3.05, 3.63) is 11.9 Å². The maximum atomic E-state index is 11.6. The van der Waals surface area contributed by atoms with E-state index < -0.39 is 6.04 Å². The number of carbonyl (C=O) groups is 1. The van der Waals surface area contributed by atoms with E-state index in [1.165, 1.54) is 7.11 Å². The molecule has 1 rings (SSSR count). The van der Waals surface area contributed by atoms with Crippen molar-refractivity contribution < 1.29 is 14.6 Å².